The van der Waals surface area contributed by atoms with E-state index >= 15 is 0 Å². The number of rotatable bonds is 7. The minimum atomic E-state index is -4.02. The van der Waals surface area contributed by atoms with Crippen molar-refractivity contribution in [2.75, 3.05) is 0 Å². The molecule has 1 aromatic carbocycles. The lowest BCUT2D eigenvalue weighted by Gasteiger charge is -2.12. The highest BCUT2D eigenvalue weighted by molar-refractivity contribution is 7.85. The Bertz CT molecular complexity index is 626. The molecule has 0 bridgehead atoms. The Morgan fingerprint density at radius 2 is 1.71 bits per heavy atom. The van der Waals surface area contributed by atoms with Crippen LogP contribution in [0.15, 0.2) is 29.2 Å². The summed E-state index contributed by atoms with van der Waals surface area (Å²) in [6.07, 6.45) is 2.63. The van der Waals surface area contributed by atoms with E-state index in [2.05, 4.69) is 0 Å². The zero-order valence-corrected chi connectivity index (χ0v) is 15.1. The van der Waals surface area contributed by atoms with E-state index in [1.54, 1.807) is 12.1 Å². The average Bonchev–Trinajstić information content (AvgIpc) is 2.52. The van der Waals surface area contributed by atoms with E-state index in [0.717, 1.165) is 18.4 Å². The molecule has 0 aromatic heterocycles. The Kier molecular flexibility index (Phi) is 10.1. The van der Waals surface area contributed by atoms with Crippen LogP contribution in [-0.4, -0.2) is 24.7 Å². The summed E-state index contributed by atoms with van der Waals surface area (Å²) >= 11 is 0. The first-order chi connectivity index (χ1) is 11.2. The summed E-state index contributed by atoms with van der Waals surface area (Å²) in [5.74, 6) is 4.07. The van der Waals surface area contributed by atoms with E-state index in [1.165, 1.54) is 12.1 Å². The van der Waals surface area contributed by atoms with Gasteiger partial charge in [0, 0.05) is 6.42 Å². The zero-order valence-electron chi connectivity index (χ0n) is 14.3. The number of benzene rings is 1. The maximum absolute atomic E-state index is 11.4. The molecule has 24 heavy (non-hydrogen) atoms. The number of carbonyl (C=O) groups is 2. The highest BCUT2D eigenvalue weighted by Crippen LogP contribution is 2.11. The lowest BCUT2D eigenvalue weighted by Crippen LogP contribution is -2.39. The van der Waals surface area contributed by atoms with Gasteiger partial charge in [-0.05, 0) is 31.9 Å². The van der Waals surface area contributed by atoms with Crippen molar-refractivity contribution in [2.45, 2.75) is 51.3 Å². The third kappa shape index (κ3) is 8.19. The van der Waals surface area contributed by atoms with Gasteiger partial charge >= 0.3 is 0 Å². The largest absolute Gasteiger partial charge is 0.299 e. The maximum Gasteiger partial charge on any atom is 0.294 e. The number of amides is 1. The second kappa shape index (κ2) is 10.9. The van der Waals surface area contributed by atoms with Crippen LogP contribution in [0, 0.1) is 12.8 Å². The first-order valence-corrected chi connectivity index (χ1v) is 9.18. The molecule has 0 heterocycles. The normalized spacial score (nSPS) is 11.9. The van der Waals surface area contributed by atoms with Gasteiger partial charge in [0.05, 0.1) is 10.8 Å². The van der Waals surface area contributed by atoms with E-state index in [-0.39, 0.29) is 16.6 Å². The standard InChI is InChI=1S/C9H18N2O2.C7H8O3S/c1-3-5-7(9(13)11-10)8(12)6-4-2;1-6-2-4-7(5-3-6)11(8,9)10/h7H,3-6,10H2,1-2H3,(H,11,13);2-5H,1H3,(H,8,9,10). The monoisotopic (exact) mass is 358 g/mol. The Morgan fingerprint density at radius 1 is 1.17 bits per heavy atom. The minimum Gasteiger partial charge on any atom is -0.299 e. The van der Waals surface area contributed by atoms with E-state index < -0.39 is 16.0 Å². The van der Waals surface area contributed by atoms with Crippen molar-refractivity contribution >= 4 is 21.8 Å². The highest BCUT2D eigenvalue weighted by atomic mass is 32.2. The van der Waals surface area contributed by atoms with Crippen LogP contribution < -0.4 is 11.3 Å². The second-order valence-electron chi connectivity index (χ2n) is 5.35. The third-order valence-corrected chi connectivity index (χ3v) is 4.11. The Labute approximate surface area is 143 Å². The molecule has 0 aliphatic carbocycles. The molecule has 136 valence electrons. The number of ketones is 1. The predicted molar refractivity (Wildman–Crippen MR) is 91.6 cm³/mol. The van der Waals surface area contributed by atoms with E-state index in [1.807, 2.05) is 26.2 Å². The fraction of sp³-hybridized carbons (Fsp3) is 0.500. The Morgan fingerprint density at radius 3 is 2.08 bits per heavy atom. The Hall–Kier alpha value is -1.77. The van der Waals surface area contributed by atoms with Crippen LogP contribution in [0.25, 0.3) is 0 Å². The number of Topliss-reactive ketones (excluding diaryl/α,β-unsaturated/α-hetero) is 1. The van der Waals surface area contributed by atoms with Gasteiger partial charge in [0.25, 0.3) is 10.1 Å². The van der Waals surface area contributed by atoms with Crippen LogP contribution in [0.1, 0.15) is 45.1 Å². The molecule has 0 fully saturated rings. The van der Waals surface area contributed by atoms with Crippen molar-refractivity contribution < 1.29 is 22.6 Å². The van der Waals surface area contributed by atoms with Gasteiger partial charge in [-0.3, -0.25) is 19.6 Å². The maximum atomic E-state index is 11.4. The predicted octanol–water partition coefficient (Wildman–Crippen LogP) is 2.00. The number of nitrogens with one attached hydrogen (secondary N) is 1. The first-order valence-electron chi connectivity index (χ1n) is 7.74. The van der Waals surface area contributed by atoms with Crippen molar-refractivity contribution in [3.8, 4) is 0 Å². The molecule has 1 amide bonds. The molecule has 1 rings (SSSR count). The van der Waals surface area contributed by atoms with Crippen molar-refractivity contribution in [3.05, 3.63) is 29.8 Å². The molecule has 0 radical (unpaired) electrons. The number of nitrogens with two attached hydrogens (primary N) is 1. The highest BCUT2D eigenvalue weighted by Gasteiger charge is 2.23. The smallest absolute Gasteiger partial charge is 0.294 e. The van der Waals surface area contributed by atoms with Gasteiger partial charge in [-0.25, -0.2) is 5.84 Å². The van der Waals surface area contributed by atoms with Gasteiger partial charge in [0.15, 0.2) is 0 Å². The van der Waals surface area contributed by atoms with Crippen molar-refractivity contribution in [1.82, 2.24) is 5.43 Å². The fourth-order valence-electron chi connectivity index (χ4n) is 1.96. The number of carbonyl (C=O) groups excluding carboxylic acids is 2. The SMILES string of the molecule is CCCC(=O)C(CCC)C(=O)NN.Cc1ccc(S(=O)(=O)O)cc1. The van der Waals surface area contributed by atoms with E-state index in [0.29, 0.717) is 12.8 Å². The van der Waals surface area contributed by atoms with Gasteiger partial charge in [-0.1, -0.05) is 38.0 Å². The Balaban J connectivity index is 0.000000446. The second-order valence-corrected chi connectivity index (χ2v) is 6.78. The summed E-state index contributed by atoms with van der Waals surface area (Å²) in [5, 5.41) is 0. The number of aryl methyl sites for hydroxylation is 1. The molecule has 1 atom stereocenters. The summed E-state index contributed by atoms with van der Waals surface area (Å²) in [6, 6.07) is 5.99. The number of hydrogen-bond donors (Lipinski definition) is 3. The summed E-state index contributed by atoms with van der Waals surface area (Å²) in [6.45, 7) is 5.70. The van der Waals surface area contributed by atoms with Crippen LogP contribution in [0.2, 0.25) is 0 Å². The summed E-state index contributed by atoms with van der Waals surface area (Å²) in [7, 11) is -4.02. The van der Waals surface area contributed by atoms with Gasteiger partial charge in [-0.2, -0.15) is 8.42 Å². The van der Waals surface area contributed by atoms with Crippen LogP contribution in [0.5, 0.6) is 0 Å². The molecule has 0 aliphatic heterocycles. The van der Waals surface area contributed by atoms with Crippen molar-refractivity contribution in [3.63, 3.8) is 0 Å². The molecule has 4 N–H and O–H groups in total. The molecule has 1 unspecified atom stereocenters. The third-order valence-electron chi connectivity index (χ3n) is 3.24. The van der Waals surface area contributed by atoms with Crippen LogP contribution >= 0.6 is 0 Å². The molecule has 7 nitrogen and oxygen atoms in total. The molecular weight excluding hydrogens is 332 g/mol. The zero-order chi connectivity index (χ0) is 18.8. The van der Waals surface area contributed by atoms with Crippen LogP contribution in [0.4, 0.5) is 0 Å². The van der Waals surface area contributed by atoms with E-state index in [4.69, 9.17) is 10.4 Å². The van der Waals surface area contributed by atoms with Gasteiger partial charge in [-0.15, -0.1) is 0 Å². The van der Waals surface area contributed by atoms with Gasteiger partial charge in [0.2, 0.25) is 5.91 Å². The summed E-state index contributed by atoms with van der Waals surface area (Å²) < 4.78 is 29.6. The number of hydrazine groups is 1. The molecule has 8 heteroatoms. The molecule has 0 aliphatic rings. The molecule has 0 saturated carbocycles. The van der Waals surface area contributed by atoms with Crippen LogP contribution in [-0.2, 0) is 19.7 Å². The number of hydrogen-bond acceptors (Lipinski definition) is 5. The van der Waals surface area contributed by atoms with Gasteiger partial charge < -0.3 is 0 Å². The molecule has 1 aromatic rings. The van der Waals surface area contributed by atoms with Crippen LogP contribution in [0.3, 0.4) is 0 Å². The average molecular weight is 358 g/mol. The van der Waals surface area contributed by atoms with Gasteiger partial charge in [0.1, 0.15) is 5.78 Å². The molecule has 0 spiro atoms. The molecular formula is C16H26N2O5S. The van der Waals surface area contributed by atoms with E-state index in [9.17, 15) is 18.0 Å². The van der Waals surface area contributed by atoms with Crippen molar-refractivity contribution in [1.29, 1.82) is 0 Å². The summed E-state index contributed by atoms with van der Waals surface area (Å²) in [4.78, 5) is 22.5. The first kappa shape index (κ1) is 22.2. The lowest BCUT2D eigenvalue weighted by atomic mass is 9.95. The van der Waals surface area contributed by atoms with Crippen molar-refractivity contribution in [2.24, 2.45) is 11.8 Å². The molecule has 0 saturated heterocycles. The fourth-order valence-corrected chi connectivity index (χ4v) is 2.44. The lowest BCUT2D eigenvalue weighted by molar-refractivity contribution is -0.134. The minimum absolute atomic E-state index is 0.00713. The summed E-state index contributed by atoms with van der Waals surface area (Å²) in [5.41, 5.74) is 2.99. The quantitative estimate of drug-likeness (QED) is 0.225. The topological polar surface area (TPSA) is 127 Å².